The molecule has 1 aromatic heterocycles. The van der Waals surface area contributed by atoms with Crippen LogP contribution in [0.5, 0.6) is 0 Å². The molecule has 0 bridgehead atoms. The summed E-state index contributed by atoms with van der Waals surface area (Å²) in [5.41, 5.74) is 2.05. The van der Waals surface area contributed by atoms with Crippen LogP contribution in [0.25, 0.3) is 10.9 Å². The normalized spacial score (nSPS) is 33.4. The van der Waals surface area contributed by atoms with E-state index in [1.165, 1.54) is 11.8 Å². The van der Waals surface area contributed by atoms with Crippen LogP contribution in [0.15, 0.2) is 36.5 Å². The van der Waals surface area contributed by atoms with Crippen molar-refractivity contribution in [2.24, 2.45) is 29.6 Å². The third kappa shape index (κ3) is 10.4. The summed E-state index contributed by atoms with van der Waals surface area (Å²) < 4.78 is 18.5. The number of benzene rings is 1. The number of aliphatic hydroxyl groups excluding tert-OH is 1. The average Bonchev–Trinajstić information content (AvgIpc) is 3.14. The minimum atomic E-state index is -1.14. The first-order chi connectivity index (χ1) is 25.5. The Balaban J connectivity index is 1.59. The van der Waals surface area contributed by atoms with E-state index in [1.807, 2.05) is 77.0 Å². The summed E-state index contributed by atoms with van der Waals surface area (Å²) >= 11 is 0. The molecule has 12 nitrogen and oxygen atoms in total. The number of carbonyl (C=O) groups excluding carboxylic acids is 3. The molecule has 300 valence electrons. The Bertz CT molecular complexity index is 1580. The van der Waals surface area contributed by atoms with E-state index in [4.69, 9.17) is 14.2 Å². The number of cyclic esters (lactones) is 1. The summed E-state index contributed by atoms with van der Waals surface area (Å²) in [6.07, 6.45) is 0.395. The number of amides is 1. The first-order valence-corrected chi connectivity index (χ1v) is 19.8. The van der Waals surface area contributed by atoms with Gasteiger partial charge in [-0.25, -0.2) is 4.79 Å². The lowest BCUT2D eigenvalue weighted by Crippen LogP contribution is -2.56. The van der Waals surface area contributed by atoms with Crippen LogP contribution in [-0.2, 0) is 35.0 Å². The first kappa shape index (κ1) is 43.3. The van der Waals surface area contributed by atoms with Gasteiger partial charge in [0.1, 0.15) is 23.9 Å². The van der Waals surface area contributed by atoms with Crippen molar-refractivity contribution in [3.05, 3.63) is 42.1 Å². The molecule has 2 N–H and O–H groups in total. The smallest absolute Gasteiger partial charge is 0.407 e. The van der Waals surface area contributed by atoms with Crippen molar-refractivity contribution in [3.8, 4) is 0 Å². The van der Waals surface area contributed by atoms with Crippen molar-refractivity contribution in [3.63, 3.8) is 0 Å². The van der Waals surface area contributed by atoms with Gasteiger partial charge in [0.15, 0.2) is 12.1 Å². The fraction of sp³-hybridized carbons (Fsp3) is 0.690. The van der Waals surface area contributed by atoms with Crippen molar-refractivity contribution < 1.29 is 43.6 Å². The maximum Gasteiger partial charge on any atom is 0.407 e. The number of hydrogen-bond acceptors (Lipinski definition) is 10. The molecule has 1 aromatic carbocycles. The molecule has 0 spiro atoms. The van der Waals surface area contributed by atoms with E-state index in [0.29, 0.717) is 25.7 Å². The number of hydrogen-bond donors (Lipinski definition) is 2. The molecule has 4 rings (SSSR count). The number of ether oxygens (including phenoxy) is 3. The maximum absolute atomic E-state index is 14.3. The lowest BCUT2D eigenvalue weighted by Gasteiger charge is -2.44. The van der Waals surface area contributed by atoms with Crippen molar-refractivity contribution >= 4 is 34.5 Å². The fourth-order valence-corrected chi connectivity index (χ4v) is 8.48. The molecule has 1 amide bonds. The third-order valence-corrected chi connectivity index (χ3v) is 11.8. The molecular weight excluding hydrogens is 690 g/mol. The van der Waals surface area contributed by atoms with Gasteiger partial charge in [0, 0.05) is 54.4 Å². The van der Waals surface area contributed by atoms with Gasteiger partial charge >= 0.3 is 12.1 Å². The molecule has 54 heavy (non-hydrogen) atoms. The van der Waals surface area contributed by atoms with E-state index < -0.39 is 66.4 Å². The topological polar surface area (TPSA) is 156 Å². The van der Waals surface area contributed by atoms with Gasteiger partial charge in [-0.1, -0.05) is 52.8 Å². The zero-order chi connectivity index (χ0) is 39.9. The highest BCUT2D eigenvalue weighted by Crippen LogP contribution is 2.34. The van der Waals surface area contributed by atoms with Crippen molar-refractivity contribution in [2.45, 2.75) is 136 Å². The van der Waals surface area contributed by atoms with E-state index in [1.54, 1.807) is 20.0 Å². The summed E-state index contributed by atoms with van der Waals surface area (Å²) in [5, 5.41) is 22.9. The Morgan fingerprint density at radius 1 is 0.926 bits per heavy atom. The van der Waals surface area contributed by atoms with Gasteiger partial charge in [-0.15, -0.1) is 0 Å². The second-order valence-electron chi connectivity index (χ2n) is 16.1. The number of carboxylic acid groups (broad SMARTS) is 1. The molecular formula is C42H63N3O9. The zero-order valence-electron chi connectivity index (χ0n) is 33.6. The van der Waals surface area contributed by atoms with Crippen molar-refractivity contribution in [1.29, 1.82) is 0 Å². The van der Waals surface area contributed by atoms with Crippen LogP contribution in [0.3, 0.4) is 0 Å². The lowest BCUT2D eigenvalue weighted by molar-refractivity contribution is -0.278. The molecule has 12 atom stereocenters. The quantitative estimate of drug-likeness (QED) is 0.163. The Labute approximate surface area is 320 Å². The Morgan fingerprint density at radius 3 is 2.30 bits per heavy atom. The maximum atomic E-state index is 14.3. The van der Waals surface area contributed by atoms with Gasteiger partial charge in [0.2, 0.25) is 0 Å². The van der Waals surface area contributed by atoms with Gasteiger partial charge < -0.3 is 34.2 Å². The Hall–Kier alpha value is -3.45. The standard InChI is InChI=1S/C42H63N3O9/c1-10-31-23-34(45(42(50)51)20-14-13-15-30-18-19-43-33-17-12-11-16-32(30)33)27(5)36(46)24(2)21-25(3)39(28(6)37(47)29(7)40(49)53-31)54-41-38(48)35(44(8)9)22-26(4)52-41/h11-12,16-19,24-29,31,34-35,38-39,41,48H,10,13-15,20-23H2,1-9H3,(H,50,51)/t24-,25+,26-,27-,28+,29-,31-,34+,35+,38-,39+,41+/m1/s1. The van der Waals surface area contributed by atoms with Gasteiger partial charge in [0.25, 0.3) is 0 Å². The van der Waals surface area contributed by atoms with Gasteiger partial charge in [0.05, 0.1) is 17.7 Å². The van der Waals surface area contributed by atoms with E-state index >= 15 is 0 Å². The number of aliphatic hydroxyl groups is 1. The first-order valence-electron chi connectivity index (χ1n) is 19.8. The second kappa shape index (κ2) is 19.4. The molecule has 2 aromatic rings. The number of rotatable bonds is 10. The Morgan fingerprint density at radius 2 is 1.63 bits per heavy atom. The van der Waals surface area contributed by atoms with Gasteiger partial charge in [-0.3, -0.25) is 19.4 Å². The number of pyridine rings is 1. The van der Waals surface area contributed by atoms with Crippen LogP contribution >= 0.6 is 0 Å². The molecule has 2 aliphatic rings. The predicted octanol–water partition coefficient (Wildman–Crippen LogP) is 6.15. The monoisotopic (exact) mass is 753 g/mol. The molecule has 0 aliphatic carbocycles. The summed E-state index contributed by atoms with van der Waals surface area (Å²) in [7, 11) is 3.77. The molecule has 2 aliphatic heterocycles. The average molecular weight is 754 g/mol. The Kier molecular flexibility index (Phi) is 15.6. The van der Waals surface area contributed by atoms with Crippen LogP contribution in [0, 0.1) is 29.6 Å². The lowest BCUT2D eigenvalue weighted by atomic mass is 9.78. The molecule has 0 unspecified atom stereocenters. The molecule has 2 fully saturated rings. The van der Waals surface area contributed by atoms with E-state index in [2.05, 4.69) is 4.98 Å². The third-order valence-electron chi connectivity index (χ3n) is 11.8. The number of carbonyl (C=O) groups is 4. The number of fused-ring (bicyclic) bond motifs is 1. The van der Waals surface area contributed by atoms with E-state index in [0.717, 1.165) is 29.3 Å². The highest BCUT2D eigenvalue weighted by atomic mass is 16.7. The number of unbranched alkanes of at least 4 members (excludes halogenated alkanes) is 1. The largest absolute Gasteiger partial charge is 0.465 e. The van der Waals surface area contributed by atoms with Crippen LogP contribution in [0.4, 0.5) is 4.79 Å². The van der Waals surface area contributed by atoms with Gasteiger partial charge in [-0.2, -0.15) is 0 Å². The van der Waals surface area contributed by atoms with Crippen LogP contribution in [0.1, 0.15) is 92.6 Å². The number of Topliss-reactive ketones (excluding diaryl/α,β-unsaturated/α-hetero) is 2. The molecule has 3 heterocycles. The number of likely N-dealkylation sites (N-methyl/N-ethyl adjacent to an activating group) is 1. The van der Waals surface area contributed by atoms with Crippen LogP contribution < -0.4 is 0 Å². The summed E-state index contributed by atoms with van der Waals surface area (Å²) in [4.78, 5) is 62.5. The SMILES string of the molecule is CC[C@@H]1C[C@H](N(CCCCc2ccnc3ccccc23)C(=O)O)[C@@H](C)C(=O)[C@H](C)C[C@H](C)[C@H](O[C@@H]2O[C@H](C)C[C@H](N(C)C)[C@H]2O)[C@@H](C)C(=O)[C@@H](C)C(=O)O1. The second-order valence-corrected chi connectivity index (χ2v) is 16.1. The molecule has 0 radical (unpaired) electrons. The minimum Gasteiger partial charge on any atom is -0.465 e. The number of nitrogens with zero attached hydrogens (tertiary/aromatic N) is 3. The molecule has 12 heteroatoms. The molecule has 2 saturated heterocycles. The van der Waals surface area contributed by atoms with E-state index in [9.17, 15) is 29.4 Å². The number of para-hydroxylation sites is 1. The summed E-state index contributed by atoms with van der Waals surface area (Å²) in [5.74, 6) is -4.65. The minimum absolute atomic E-state index is 0.110. The summed E-state index contributed by atoms with van der Waals surface area (Å²) in [6, 6.07) is 8.93. The van der Waals surface area contributed by atoms with Crippen molar-refractivity contribution in [2.75, 3.05) is 20.6 Å². The number of esters is 1. The number of aromatic nitrogens is 1. The fourth-order valence-electron chi connectivity index (χ4n) is 8.48. The highest BCUT2D eigenvalue weighted by molar-refractivity contribution is 6.00. The summed E-state index contributed by atoms with van der Waals surface area (Å²) in [6.45, 7) is 12.7. The van der Waals surface area contributed by atoms with Crippen LogP contribution in [-0.4, -0.2) is 112 Å². The van der Waals surface area contributed by atoms with E-state index in [-0.39, 0.29) is 42.6 Å². The molecule has 0 saturated carbocycles. The van der Waals surface area contributed by atoms with Crippen molar-refractivity contribution in [1.82, 2.24) is 14.8 Å². The zero-order valence-corrected chi connectivity index (χ0v) is 33.6. The predicted molar refractivity (Wildman–Crippen MR) is 206 cm³/mol. The van der Waals surface area contributed by atoms with Crippen LogP contribution in [0.2, 0.25) is 0 Å². The number of ketones is 2. The highest BCUT2D eigenvalue weighted by Gasteiger charge is 2.45. The van der Waals surface area contributed by atoms with Gasteiger partial charge in [-0.05, 0) is 90.1 Å². The number of aryl methyl sites for hydroxylation is 1.